The zero-order valence-corrected chi connectivity index (χ0v) is 9.75. The number of carbonyl (C=O) groups excluding carboxylic acids is 1. The number of carbonyl (C=O) groups is 1. The van der Waals surface area contributed by atoms with Crippen molar-refractivity contribution in [3.63, 3.8) is 0 Å². The second-order valence-electron chi connectivity index (χ2n) is 2.89. The smallest absolute Gasteiger partial charge is 0.455 e. The Balaban J connectivity index is 3.52. The summed E-state index contributed by atoms with van der Waals surface area (Å²) in [7, 11) is 0.977. The fourth-order valence-corrected chi connectivity index (χ4v) is 1.48. The van der Waals surface area contributed by atoms with Gasteiger partial charge >= 0.3 is 6.18 Å². The molecule has 0 aliphatic heterocycles. The summed E-state index contributed by atoms with van der Waals surface area (Å²) >= 11 is 2.57. The molecule has 0 amide bonds. The van der Waals surface area contributed by atoms with Gasteiger partial charge in [-0.3, -0.25) is 4.79 Å². The molecule has 17 heavy (non-hydrogen) atoms. The molecular formula is C9H4BrF5O2. The first-order valence-electron chi connectivity index (χ1n) is 4.03. The monoisotopic (exact) mass is 318 g/mol. The molecule has 8 heteroatoms. The first-order valence-corrected chi connectivity index (χ1v) is 4.82. The number of ether oxygens (including phenoxy) is 1. The molecular weight excluding hydrogens is 315 g/mol. The van der Waals surface area contributed by atoms with E-state index in [1.807, 2.05) is 0 Å². The van der Waals surface area contributed by atoms with Gasteiger partial charge in [0.05, 0.1) is 11.6 Å². The van der Waals surface area contributed by atoms with Crippen LogP contribution in [0.3, 0.4) is 0 Å². The summed E-state index contributed by atoms with van der Waals surface area (Å²) < 4.78 is 66.9. The van der Waals surface area contributed by atoms with E-state index in [9.17, 15) is 26.7 Å². The number of hydrogen-bond acceptors (Lipinski definition) is 2. The Bertz CT molecular complexity index is 469. The predicted molar refractivity (Wildman–Crippen MR) is 51.0 cm³/mol. The highest BCUT2D eigenvalue weighted by Crippen LogP contribution is 2.33. The van der Waals surface area contributed by atoms with Crippen LogP contribution in [0.4, 0.5) is 22.0 Å². The van der Waals surface area contributed by atoms with E-state index in [4.69, 9.17) is 0 Å². The molecule has 0 aliphatic carbocycles. The van der Waals surface area contributed by atoms with Crippen molar-refractivity contribution < 1.29 is 31.5 Å². The van der Waals surface area contributed by atoms with Crippen LogP contribution in [0, 0.1) is 11.6 Å². The van der Waals surface area contributed by atoms with Crippen molar-refractivity contribution in [1.82, 2.24) is 0 Å². The van der Waals surface area contributed by atoms with Crippen molar-refractivity contribution in [3.8, 4) is 5.75 Å². The molecule has 0 heterocycles. The third-order valence-corrected chi connectivity index (χ3v) is 2.40. The molecule has 0 spiro atoms. The van der Waals surface area contributed by atoms with Gasteiger partial charge in [0.15, 0.2) is 17.4 Å². The van der Waals surface area contributed by atoms with Crippen LogP contribution in [0.25, 0.3) is 0 Å². The van der Waals surface area contributed by atoms with Gasteiger partial charge < -0.3 is 4.74 Å². The second-order valence-corrected chi connectivity index (χ2v) is 3.74. The van der Waals surface area contributed by atoms with Gasteiger partial charge in [-0.15, -0.1) is 0 Å². The zero-order chi connectivity index (χ0) is 13.4. The van der Waals surface area contributed by atoms with Crippen molar-refractivity contribution in [3.05, 3.63) is 27.7 Å². The Morgan fingerprint density at radius 2 is 1.82 bits per heavy atom. The highest BCUT2D eigenvalue weighted by Gasteiger charge is 2.43. The summed E-state index contributed by atoms with van der Waals surface area (Å²) in [5, 5.41) is 0. The van der Waals surface area contributed by atoms with E-state index in [1.54, 1.807) is 0 Å². The molecule has 1 aromatic carbocycles. The number of ketones is 1. The van der Waals surface area contributed by atoms with E-state index >= 15 is 0 Å². The molecule has 0 saturated carbocycles. The molecule has 0 N–H and O–H groups in total. The van der Waals surface area contributed by atoms with E-state index in [-0.39, 0.29) is 0 Å². The molecule has 94 valence electrons. The fourth-order valence-electron chi connectivity index (χ4n) is 1.07. The number of alkyl halides is 3. The lowest BCUT2D eigenvalue weighted by Gasteiger charge is -2.11. The van der Waals surface area contributed by atoms with E-state index in [0.717, 1.165) is 13.2 Å². The number of Topliss-reactive ketones (excluding diaryl/α,β-unsaturated/α-hetero) is 1. The third kappa shape index (κ3) is 2.56. The van der Waals surface area contributed by atoms with Gasteiger partial charge in [0.2, 0.25) is 0 Å². The van der Waals surface area contributed by atoms with Crippen LogP contribution < -0.4 is 4.74 Å². The molecule has 0 saturated heterocycles. The Kier molecular flexibility index (Phi) is 3.75. The lowest BCUT2D eigenvalue weighted by atomic mass is 10.1. The minimum Gasteiger partial charge on any atom is -0.494 e. The van der Waals surface area contributed by atoms with Gasteiger partial charge in [-0.25, -0.2) is 8.78 Å². The van der Waals surface area contributed by atoms with Crippen molar-refractivity contribution in [2.45, 2.75) is 6.18 Å². The topological polar surface area (TPSA) is 26.3 Å². The molecule has 2 nitrogen and oxygen atoms in total. The summed E-state index contributed by atoms with van der Waals surface area (Å²) in [5.41, 5.74) is -1.69. The number of halogens is 6. The van der Waals surface area contributed by atoms with Gasteiger partial charge in [-0.05, 0) is 15.9 Å². The van der Waals surface area contributed by atoms with Gasteiger partial charge in [0.1, 0.15) is 5.56 Å². The molecule has 1 aromatic rings. The zero-order valence-electron chi connectivity index (χ0n) is 8.16. The van der Waals surface area contributed by atoms with Crippen molar-refractivity contribution in [2.24, 2.45) is 0 Å². The van der Waals surface area contributed by atoms with Gasteiger partial charge in [-0.1, -0.05) is 0 Å². The fraction of sp³-hybridized carbons (Fsp3) is 0.222. The van der Waals surface area contributed by atoms with Crippen molar-refractivity contribution >= 4 is 21.7 Å². The Morgan fingerprint density at radius 3 is 2.24 bits per heavy atom. The van der Waals surface area contributed by atoms with Crippen LogP contribution in [-0.2, 0) is 0 Å². The minimum absolute atomic E-state index is 0.497. The number of methoxy groups -OCH3 is 1. The Hall–Kier alpha value is -1.18. The summed E-state index contributed by atoms with van der Waals surface area (Å²) in [6, 6.07) is 0.790. The maximum atomic E-state index is 13.4. The van der Waals surface area contributed by atoms with E-state index in [0.29, 0.717) is 0 Å². The van der Waals surface area contributed by atoms with Gasteiger partial charge in [0, 0.05) is 6.07 Å². The summed E-state index contributed by atoms with van der Waals surface area (Å²) in [6.07, 6.45) is -5.37. The average Bonchev–Trinajstić information content (AvgIpc) is 2.22. The average molecular weight is 319 g/mol. The van der Waals surface area contributed by atoms with Gasteiger partial charge in [-0.2, -0.15) is 13.2 Å². The summed E-state index contributed by atoms with van der Waals surface area (Å²) in [6.45, 7) is 0. The SMILES string of the molecule is COc1cc(Br)c(F)c(C(=O)C(F)(F)F)c1F. The van der Waals surface area contributed by atoms with Crippen molar-refractivity contribution in [2.75, 3.05) is 7.11 Å². The molecule has 0 atom stereocenters. The van der Waals surface area contributed by atoms with Crippen LogP contribution in [0.5, 0.6) is 5.75 Å². The Morgan fingerprint density at radius 1 is 1.29 bits per heavy atom. The van der Waals surface area contributed by atoms with Crippen LogP contribution >= 0.6 is 15.9 Å². The third-order valence-electron chi connectivity index (χ3n) is 1.83. The van der Waals surface area contributed by atoms with Crippen LogP contribution in [0.15, 0.2) is 10.5 Å². The van der Waals surface area contributed by atoms with Crippen LogP contribution in [0.2, 0.25) is 0 Å². The molecule has 0 aliphatic rings. The number of rotatable bonds is 2. The summed E-state index contributed by atoms with van der Waals surface area (Å²) in [4.78, 5) is 10.8. The maximum absolute atomic E-state index is 13.4. The lowest BCUT2D eigenvalue weighted by molar-refractivity contribution is -0.0890. The Labute approximate surface area is 100 Å². The molecule has 0 bridgehead atoms. The highest BCUT2D eigenvalue weighted by atomic mass is 79.9. The largest absolute Gasteiger partial charge is 0.494 e. The molecule has 0 unspecified atom stereocenters. The first-order chi connectivity index (χ1) is 7.70. The second kappa shape index (κ2) is 4.59. The number of hydrogen-bond donors (Lipinski definition) is 0. The predicted octanol–water partition coefficient (Wildman–Crippen LogP) is 3.48. The summed E-state index contributed by atoms with van der Waals surface area (Å²) in [5.74, 6) is -6.57. The standard InChI is InChI=1S/C9H4BrF5O2/c1-17-4-2-3(10)6(11)5(7(4)12)8(16)9(13,14)15/h2H,1H3. The minimum atomic E-state index is -5.37. The van der Waals surface area contributed by atoms with Gasteiger partial charge in [0.25, 0.3) is 5.78 Å². The number of benzene rings is 1. The highest BCUT2D eigenvalue weighted by molar-refractivity contribution is 9.10. The normalized spacial score (nSPS) is 11.5. The van der Waals surface area contributed by atoms with E-state index in [1.165, 1.54) is 0 Å². The molecule has 1 rings (SSSR count). The lowest BCUT2D eigenvalue weighted by Crippen LogP contribution is -2.25. The molecule has 0 fully saturated rings. The van der Waals surface area contributed by atoms with E-state index < -0.39 is 39.4 Å². The maximum Gasteiger partial charge on any atom is 0.455 e. The van der Waals surface area contributed by atoms with Crippen LogP contribution in [0.1, 0.15) is 10.4 Å². The van der Waals surface area contributed by atoms with E-state index in [2.05, 4.69) is 20.7 Å². The van der Waals surface area contributed by atoms with Crippen LogP contribution in [-0.4, -0.2) is 19.1 Å². The molecule has 0 radical (unpaired) electrons. The first kappa shape index (κ1) is 13.9. The van der Waals surface area contributed by atoms with Crippen molar-refractivity contribution in [1.29, 1.82) is 0 Å². The quantitative estimate of drug-likeness (QED) is 0.474. The molecule has 0 aromatic heterocycles.